The Morgan fingerprint density at radius 3 is 2.85 bits per heavy atom. The number of nitrogens with zero attached hydrogens (tertiary/aromatic N) is 4. The van der Waals surface area contributed by atoms with Crippen molar-refractivity contribution in [3.8, 4) is 11.8 Å². The van der Waals surface area contributed by atoms with Gasteiger partial charge in [-0.15, -0.1) is 11.3 Å². The van der Waals surface area contributed by atoms with Crippen LogP contribution in [0.2, 0.25) is 0 Å². The predicted molar refractivity (Wildman–Crippen MR) is 129 cm³/mol. The number of benzene rings is 2. The lowest BCUT2D eigenvalue weighted by Crippen LogP contribution is -2.56. The second-order valence-electron chi connectivity index (χ2n) is 8.24. The van der Waals surface area contributed by atoms with Crippen LogP contribution in [0.3, 0.4) is 0 Å². The van der Waals surface area contributed by atoms with Crippen molar-refractivity contribution in [3.05, 3.63) is 53.0 Å². The maximum atomic E-state index is 12.6. The van der Waals surface area contributed by atoms with Crippen molar-refractivity contribution in [1.82, 2.24) is 14.8 Å². The lowest BCUT2D eigenvalue weighted by atomic mass is 10.1. The summed E-state index contributed by atoms with van der Waals surface area (Å²) in [5, 5.41) is 23.3. The number of aryl methyl sites for hydroxylation is 1. The molecule has 1 aliphatic heterocycles. The van der Waals surface area contributed by atoms with Crippen LogP contribution < -0.4 is 10.1 Å². The first-order valence-electron chi connectivity index (χ1n) is 10.9. The van der Waals surface area contributed by atoms with E-state index in [1.54, 1.807) is 40.5 Å². The number of fused-ring (bicyclic) bond motifs is 1. The van der Waals surface area contributed by atoms with Crippen LogP contribution in [0.25, 0.3) is 10.2 Å². The van der Waals surface area contributed by atoms with Gasteiger partial charge >= 0.3 is 6.03 Å². The highest BCUT2D eigenvalue weighted by atomic mass is 32.1. The Morgan fingerprint density at radius 2 is 2.12 bits per heavy atom. The highest BCUT2D eigenvalue weighted by Crippen LogP contribution is 2.25. The summed E-state index contributed by atoms with van der Waals surface area (Å²) >= 11 is 1.65. The highest BCUT2D eigenvalue weighted by molar-refractivity contribution is 7.18. The Bertz CT molecular complexity index is 1160. The number of piperazine rings is 1. The molecule has 3 aromatic rings. The molecule has 0 bridgehead atoms. The van der Waals surface area contributed by atoms with Gasteiger partial charge in [-0.1, -0.05) is 0 Å². The van der Waals surface area contributed by atoms with Crippen LogP contribution in [-0.4, -0.2) is 70.9 Å². The summed E-state index contributed by atoms with van der Waals surface area (Å²) < 4.78 is 6.92. The number of amides is 2. The zero-order valence-corrected chi connectivity index (χ0v) is 19.5. The van der Waals surface area contributed by atoms with Gasteiger partial charge in [-0.25, -0.2) is 9.78 Å². The normalized spacial score (nSPS) is 17.5. The van der Waals surface area contributed by atoms with Crippen molar-refractivity contribution in [2.75, 3.05) is 38.1 Å². The molecule has 0 unspecified atom stereocenters. The number of thiazole rings is 1. The third kappa shape index (κ3) is 5.79. The summed E-state index contributed by atoms with van der Waals surface area (Å²) in [6.07, 6.45) is -0.639. The predicted octanol–water partition coefficient (Wildman–Crippen LogP) is 3.45. The molecule has 1 fully saturated rings. The average molecular weight is 466 g/mol. The number of carbonyl (C=O) groups is 1. The molecule has 0 aliphatic carbocycles. The molecule has 0 spiro atoms. The van der Waals surface area contributed by atoms with Crippen LogP contribution >= 0.6 is 11.3 Å². The minimum atomic E-state index is -0.639. The van der Waals surface area contributed by atoms with Gasteiger partial charge in [0.15, 0.2) is 0 Å². The van der Waals surface area contributed by atoms with E-state index in [1.807, 2.05) is 32.0 Å². The number of aliphatic hydroxyl groups excluding tert-OH is 1. The third-order valence-electron chi connectivity index (χ3n) is 5.67. The third-order valence-corrected chi connectivity index (χ3v) is 6.62. The van der Waals surface area contributed by atoms with E-state index in [2.05, 4.69) is 21.3 Å². The van der Waals surface area contributed by atoms with Crippen molar-refractivity contribution in [1.29, 1.82) is 5.26 Å². The van der Waals surface area contributed by atoms with Gasteiger partial charge in [0.2, 0.25) is 0 Å². The maximum absolute atomic E-state index is 12.6. The molecule has 2 heterocycles. The topological polar surface area (TPSA) is 102 Å². The summed E-state index contributed by atoms with van der Waals surface area (Å²) in [6.45, 7) is 6.50. The molecule has 0 radical (unpaired) electrons. The second kappa shape index (κ2) is 10.2. The largest absolute Gasteiger partial charge is 0.491 e. The molecule has 8 nitrogen and oxygen atoms in total. The van der Waals surface area contributed by atoms with Crippen molar-refractivity contribution in [2.24, 2.45) is 0 Å². The molecule has 1 aliphatic rings. The number of rotatable bonds is 6. The maximum Gasteiger partial charge on any atom is 0.321 e. The minimum absolute atomic E-state index is 0.106. The Kier molecular flexibility index (Phi) is 7.08. The summed E-state index contributed by atoms with van der Waals surface area (Å²) in [6, 6.07) is 14.6. The Balaban J connectivity index is 1.24. The summed E-state index contributed by atoms with van der Waals surface area (Å²) in [5.41, 5.74) is 2.12. The standard InChI is InChI=1S/C24H27N5O3S/c1-16-13-29(24(31)27-19-5-3-18(12-25)4-6-19)10-9-28(16)14-20(30)15-32-21-7-8-23-22(11-21)26-17(2)33-23/h3-8,11,16,20,30H,9-10,13-15H2,1-2H3,(H,27,31)/t16-,20+/m0/s1. The van der Waals surface area contributed by atoms with Crippen molar-refractivity contribution >= 4 is 33.3 Å². The molecule has 2 aromatic carbocycles. The van der Waals surface area contributed by atoms with Gasteiger partial charge in [-0.05, 0) is 50.2 Å². The molecule has 9 heteroatoms. The second-order valence-corrected chi connectivity index (χ2v) is 9.47. The Morgan fingerprint density at radius 1 is 1.33 bits per heavy atom. The van der Waals surface area contributed by atoms with Crippen LogP contribution in [0, 0.1) is 18.3 Å². The molecule has 1 saturated heterocycles. The number of aromatic nitrogens is 1. The zero-order valence-electron chi connectivity index (χ0n) is 18.7. The number of hydrogen-bond acceptors (Lipinski definition) is 7. The van der Waals surface area contributed by atoms with E-state index in [9.17, 15) is 9.90 Å². The Hall–Kier alpha value is -3.19. The summed E-state index contributed by atoms with van der Waals surface area (Å²) in [5.74, 6) is 0.698. The molecular formula is C24H27N5O3S. The monoisotopic (exact) mass is 465 g/mol. The molecule has 172 valence electrons. The number of carbonyl (C=O) groups excluding carboxylic acids is 1. The number of urea groups is 1. The van der Waals surface area contributed by atoms with Gasteiger partial charge in [0.1, 0.15) is 18.5 Å². The molecular weight excluding hydrogens is 438 g/mol. The fourth-order valence-electron chi connectivity index (χ4n) is 3.91. The van der Waals surface area contributed by atoms with Crippen molar-refractivity contribution in [2.45, 2.75) is 26.0 Å². The van der Waals surface area contributed by atoms with E-state index in [1.165, 1.54) is 0 Å². The Labute approximate surface area is 197 Å². The zero-order chi connectivity index (χ0) is 23.4. The molecule has 2 amide bonds. The lowest BCUT2D eigenvalue weighted by Gasteiger charge is -2.40. The number of anilines is 1. The van der Waals surface area contributed by atoms with Gasteiger partial charge in [-0.3, -0.25) is 4.90 Å². The lowest BCUT2D eigenvalue weighted by molar-refractivity contribution is 0.0307. The van der Waals surface area contributed by atoms with E-state index < -0.39 is 6.10 Å². The van der Waals surface area contributed by atoms with Gasteiger partial charge in [0.25, 0.3) is 0 Å². The first-order chi connectivity index (χ1) is 15.9. The molecule has 2 N–H and O–H groups in total. The van der Waals surface area contributed by atoms with E-state index in [4.69, 9.17) is 10.00 Å². The number of hydrogen-bond donors (Lipinski definition) is 2. The minimum Gasteiger partial charge on any atom is -0.491 e. The molecule has 1 aromatic heterocycles. The van der Waals surface area contributed by atoms with Crippen molar-refractivity contribution in [3.63, 3.8) is 0 Å². The number of β-amino-alcohol motifs (C(OH)–C–C–N with tert-alkyl or cyclic N) is 1. The van der Waals surface area contributed by atoms with Crippen LogP contribution in [0.4, 0.5) is 10.5 Å². The first kappa shape index (κ1) is 23.0. The van der Waals surface area contributed by atoms with E-state index in [0.717, 1.165) is 15.2 Å². The van der Waals surface area contributed by atoms with Crippen LogP contribution in [0.15, 0.2) is 42.5 Å². The van der Waals surface area contributed by atoms with Crippen LogP contribution in [0.5, 0.6) is 5.75 Å². The number of nitrogens with one attached hydrogen (secondary N) is 1. The van der Waals surface area contributed by atoms with Gasteiger partial charge in [-0.2, -0.15) is 5.26 Å². The quantitative estimate of drug-likeness (QED) is 0.578. The number of nitriles is 1. The summed E-state index contributed by atoms with van der Waals surface area (Å²) in [7, 11) is 0. The smallest absolute Gasteiger partial charge is 0.321 e. The van der Waals surface area contributed by atoms with Gasteiger partial charge < -0.3 is 20.1 Å². The van der Waals surface area contributed by atoms with Crippen LogP contribution in [-0.2, 0) is 0 Å². The molecule has 0 saturated carbocycles. The fourth-order valence-corrected chi connectivity index (χ4v) is 4.72. The van der Waals surface area contributed by atoms with Gasteiger partial charge in [0.05, 0.1) is 26.9 Å². The summed E-state index contributed by atoms with van der Waals surface area (Å²) in [4.78, 5) is 21.0. The average Bonchev–Trinajstić information content (AvgIpc) is 3.18. The fraction of sp³-hybridized carbons (Fsp3) is 0.375. The molecule has 2 atom stereocenters. The number of ether oxygens (including phenoxy) is 1. The van der Waals surface area contributed by atoms with E-state index in [0.29, 0.717) is 43.2 Å². The first-order valence-corrected chi connectivity index (χ1v) is 11.7. The van der Waals surface area contributed by atoms with Crippen LogP contribution in [0.1, 0.15) is 17.5 Å². The molecule has 33 heavy (non-hydrogen) atoms. The van der Waals surface area contributed by atoms with Gasteiger partial charge in [0, 0.05) is 44.0 Å². The van der Waals surface area contributed by atoms with E-state index in [-0.39, 0.29) is 18.7 Å². The van der Waals surface area contributed by atoms with Crippen molar-refractivity contribution < 1.29 is 14.6 Å². The number of aliphatic hydroxyl groups is 1. The molecule has 4 rings (SSSR count). The van der Waals surface area contributed by atoms with E-state index >= 15 is 0 Å². The SMILES string of the molecule is Cc1nc2cc(OC[C@H](O)CN3CCN(C(=O)Nc4ccc(C#N)cc4)C[C@@H]3C)ccc2s1. The highest BCUT2D eigenvalue weighted by Gasteiger charge is 2.28.